The lowest BCUT2D eigenvalue weighted by Gasteiger charge is -2.46. The maximum Gasteiger partial charge on any atom is 0.252 e. The first kappa shape index (κ1) is 48.1. The fourth-order valence-corrected chi connectivity index (χ4v) is 13.4. The molecule has 0 spiro atoms. The van der Waals surface area contributed by atoms with E-state index < -0.39 is 0 Å². The van der Waals surface area contributed by atoms with Crippen LogP contribution in [0.3, 0.4) is 0 Å². The molecule has 0 aromatic heterocycles. The summed E-state index contributed by atoms with van der Waals surface area (Å²) in [5, 5.41) is 0. The Hall–Kier alpha value is -7.56. The molecule has 4 heteroatoms. The van der Waals surface area contributed by atoms with Gasteiger partial charge in [-0.25, -0.2) is 0 Å². The van der Waals surface area contributed by atoms with E-state index in [2.05, 4.69) is 293 Å². The zero-order chi connectivity index (χ0) is 53.0. The second-order valence-electron chi connectivity index (χ2n) is 26.3. The van der Waals surface area contributed by atoms with Crippen molar-refractivity contribution in [1.82, 2.24) is 0 Å². The van der Waals surface area contributed by atoms with E-state index in [0.29, 0.717) is 0 Å². The highest BCUT2D eigenvalue weighted by molar-refractivity contribution is 7.00. The number of rotatable bonds is 5. The third-order valence-electron chi connectivity index (χ3n) is 17.7. The second kappa shape index (κ2) is 16.5. The minimum atomic E-state index is -0.180. The molecule has 0 saturated heterocycles. The number of benzene rings is 9. The fourth-order valence-electron chi connectivity index (χ4n) is 13.4. The molecule has 0 bridgehead atoms. The van der Waals surface area contributed by atoms with Gasteiger partial charge >= 0.3 is 0 Å². The summed E-state index contributed by atoms with van der Waals surface area (Å²) in [6.07, 6.45) is 0. The molecule has 0 fully saturated rings. The van der Waals surface area contributed by atoms with Crippen molar-refractivity contribution in [3.05, 3.63) is 227 Å². The standard InChI is InChI=1S/C72H70BN3/c1-68(2,3)45-27-30-49(31-28-45)74(48-21-15-14-16-22-48)52-34-37-61-64(44-52)76(51-33-36-56-54-24-18-20-26-58(54)72(12,13)60(56)43-51)66-41-47(70(7,8)9)40-65-67(66)73(61)62-39-46(69(4,5)6)29-38-63(62)75(65)50-32-35-55-53-23-17-19-25-57(53)71(10,11)59(55)42-50/h14-44H,1-13H3. The van der Waals surface area contributed by atoms with Crippen LogP contribution in [-0.2, 0) is 27.1 Å². The Morgan fingerprint density at radius 2 is 0.803 bits per heavy atom. The summed E-state index contributed by atoms with van der Waals surface area (Å²) in [7, 11) is 0. The van der Waals surface area contributed by atoms with Crippen molar-refractivity contribution in [3.63, 3.8) is 0 Å². The molecule has 0 saturated carbocycles. The average molecular weight is 988 g/mol. The topological polar surface area (TPSA) is 9.72 Å². The van der Waals surface area contributed by atoms with E-state index in [1.54, 1.807) is 0 Å². The van der Waals surface area contributed by atoms with Gasteiger partial charge in [0.1, 0.15) is 0 Å². The lowest BCUT2D eigenvalue weighted by molar-refractivity contribution is 0.590. The van der Waals surface area contributed by atoms with E-state index in [-0.39, 0.29) is 33.8 Å². The van der Waals surface area contributed by atoms with Crippen LogP contribution in [0.15, 0.2) is 188 Å². The quantitative estimate of drug-likeness (QED) is 0.159. The number of hydrogen-bond acceptors (Lipinski definition) is 3. The summed E-state index contributed by atoms with van der Waals surface area (Å²) < 4.78 is 0. The summed E-state index contributed by atoms with van der Waals surface area (Å²) in [6.45, 7) is 30.6. The van der Waals surface area contributed by atoms with Crippen LogP contribution < -0.4 is 31.1 Å². The molecule has 2 aliphatic carbocycles. The molecule has 4 aliphatic rings. The minimum absolute atomic E-state index is 0.0358. The number of hydrogen-bond donors (Lipinski definition) is 0. The summed E-state index contributed by atoms with van der Waals surface area (Å²) in [5.41, 5.74) is 28.9. The highest BCUT2D eigenvalue weighted by Crippen LogP contribution is 2.55. The van der Waals surface area contributed by atoms with Gasteiger partial charge in [0.15, 0.2) is 0 Å². The fraction of sp³-hybridized carbons (Fsp3) is 0.250. The predicted octanol–water partition coefficient (Wildman–Crippen LogP) is 17.7. The molecule has 2 aliphatic heterocycles. The van der Waals surface area contributed by atoms with E-state index in [1.807, 2.05) is 0 Å². The lowest BCUT2D eigenvalue weighted by Crippen LogP contribution is -2.61. The Kier molecular flexibility index (Phi) is 10.4. The summed E-state index contributed by atoms with van der Waals surface area (Å²) in [4.78, 5) is 7.72. The third kappa shape index (κ3) is 7.23. The lowest BCUT2D eigenvalue weighted by atomic mass is 9.33. The van der Waals surface area contributed by atoms with Crippen LogP contribution in [0, 0.1) is 0 Å². The normalized spacial score (nSPS) is 15.3. The maximum atomic E-state index is 2.65. The van der Waals surface area contributed by atoms with Crippen LogP contribution in [0.2, 0.25) is 0 Å². The van der Waals surface area contributed by atoms with Crippen molar-refractivity contribution in [2.24, 2.45) is 0 Å². The van der Waals surface area contributed by atoms with E-state index in [0.717, 1.165) is 17.1 Å². The first-order chi connectivity index (χ1) is 36.1. The van der Waals surface area contributed by atoms with Gasteiger partial charge in [-0.05, 0) is 173 Å². The highest BCUT2D eigenvalue weighted by Gasteiger charge is 2.46. The molecule has 0 N–H and O–H groups in total. The first-order valence-corrected chi connectivity index (χ1v) is 27.6. The molecule has 3 nitrogen and oxygen atoms in total. The van der Waals surface area contributed by atoms with Gasteiger partial charge in [0, 0.05) is 62.0 Å². The minimum Gasteiger partial charge on any atom is -0.311 e. The van der Waals surface area contributed by atoms with Crippen molar-refractivity contribution in [1.29, 1.82) is 0 Å². The van der Waals surface area contributed by atoms with Gasteiger partial charge in [-0.15, -0.1) is 0 Å². The van der Waals surface area contributed by atoms with Gasteiger partial charge in [0.2, 0.25) is 0 Å². The Balaban J connectivity index is 1.11. The SMILES string of the molecule is CC(C)(C)c1ccc(N(c2ccccc2)c2ccc3c(c2)N(c2ccc4c(c2)C(C)(C)c2ccccc2-4)c2cc(C(C)(C)C)cc4c2B3c2cc(C(C)(C)C)ccc2N4c2ccc3c(c2)C(C)(C)c2ccccc2-3)cc1. The smallest absolute Gasteiger partial charge is 0.252 e. The maximum absolute atomic E-state index is 2.65. The van der Waals surface area contributed by atoms with Gasteiger partial charge < -0.3 is 14.7 Å². The van der Waals surface area contributed by atoms with Crippen LogP contribution in [0.5, 0.6) is 0 Å². The molecule has 9 aromatic carbocycles. The van der Waals surface area contributed by atoms with Crippen molar-refractivity contribution < 1.29 is 0 Å². The second-order valence-corrected chi connectivity index (χ2v) is 26.3. The van der Waals surface area contributed by atoms with Crippen LogP contribution >= 0.6 is 0 Å². The monoisotopic (exact) mass is 988 g/mol. The molecular formula is C72H70BN3. The Morgan fingerprint density at radius 1 is 0.342 bits per heavy atom. The first-order valence-electron chi connectivity index (χ1n) is 27.6. The number of anilines is 9. The summed E-state index contributed by atoms with van der Waals surface area (Å²) in [6, 6.07) is 72.7. The molecule has 76 heavy (non-hydrogen) atoms. The van der Waals surface area contributed by atoms with Crippen LogP contribution in [0.25, 0.3) is 22.3 Å². The Morgan fingerprint density at radius 3 is 1.34 bits per heavy atom. The van der Waals surface area contributed by atoms with Gasteiger partial charge in [0.25, 0.3) is 6.71 Å². The number of nitrogens with zero attached hydrogens (tertiary/aromatic N) is 3. The summed E-state index contributed by atoms with van der Waals surface area (Å²) in [5.74, 6) is 0. The van der Waals surface area contributed by atoms with Crippen LogP contribution in [0.4, 0.5) is 51.2 Å². The Labute approximate surface area is 453 Å². The molecule has 0 amide bonds. The average Bonchev–Trinajstić information content (AvgIpc) is 3.87. The third-order valence-corrected chi connectivity index (χ3v) is 17.7. The van der Waals surface area contributed by atoms with Crippen molar-refractivity contribution >= 4 is 74.3 Å². The van der Waals surface area contributed by atoms with Crippen molar-refractivity contribution in [3.8, 4) is 22.3 Å². The molecule has 13 rings (SSSR count). The highest BCUT2D eigenvalue weighted by atomic mass is 15.2. The van der Waals surface area contributed by atoms with Crippen LogP contribution in [-0.4, -0.2) is 6.71 Å². The van der Waals surface area contributed by atoms with E-state index in [9.17, 15) is 0 Å². The van der Waals surface area contributed by atoms with Crippen molar-refractivity contribution in [2.75, 3.05) is 14.7 Å². The number of fused-ring (bicyclic) bond motifs is 10. The largest absolute Gasteiger partial charge is 0.311 e. The molecular weight excluding hydrogens is 918 g/mol. The summed E-state index contributed by atoms with van der Waals surface area (Å²) >= 11 is 0. The Bertz CT molecular complexity index is 3840. The van der Waals surface area contributed by atoms with E-state index in [4.69, 9.17) is 0 Å². The number of para-hydroxylation sites is 1. The van der Waals surface area contributed by atoms with E-state index in [1.165, 1.54) is 112 Å². The van der Waals surface area contributed by atoms with Gasteiger partial charge in [-0.1, -0.05) is 199 Å². The van der Waals surface area contributed by atoms with Gasteiger partial charge in [0.05, 0.1) is 0 Å². The molecule has 9 aromatic rings. The zero-order valence-corrected chi connectivity index (χ0v) is 46.8. The predicted molar refractivity (Wildman–Crippen MR) is 326 cm³/mol. The van der Waals surface area contributed by atoms with Crippen LogP contribution in [0.1, 0.15) is 129 Å². The van der Waals surface area contributed by atoms with Gasteiger partial charge in [-0.3, -0.25) is 0 Å². The molecule has 0 radical (unpaired) electrons. The van der Waals surface area contributed by atoms with Gasteiger partial charge in [-0.2, -0.15) is 0 Å². The molecule has 0 unspecified atom stereocenters. The molecule has 2 heterocycles. The molecule has 0 atom stereocenters. The zero-order valence-electron chi connectivity index (χ0n) is 46.8. The van der Waals surface area contributed by atoms with E-state index >= 15 is 0 Å². The van der Waals surface area contributed by atoms with Crippen molar-refractivity contribution in [2.45, 2.75) is 117 Å². The molecule has 376 valence electrons.